The zero-order valence-corrected chi connectivity index (χ0v) is 12.9. The minimum Gasteiger partial charge on any atom is -0.365 e. The number of pyridine rings is 1. The standard InChI is InChI=1S/C16H13N5O.ClH/c22-14-7-11-6-10(3-4-13(11)21-14)8-18-16-12-2-1-5-17-15(12)19-9-20-16;/h1-6,9H,7-8H2,(H,21,22)(H,17,18,19,20);1H. The first-order chi connectivity index (χ1) is 10.8. The van der Waals surface area contributed by atoms with E-state index in [2.05, 4.69) is 25.6 Å². The largest absolute Gasteiger partial charge is 0.365 e. The van der Waals surface area contributed by atoms with Crippen molar-refractivity contribution in [2.24, 2.45) is 0 Å². The van der Waals surface area contributed by atoms with Crippen molar-refractivity contribution in [3.63, 3.8) is 0 Å². The van der Waals surface area contributed by atoms with E-state index >= 15 is 0 Å². The second-order valence-electron chi connectivity index (χ2n) is 5.17. The molecule has 4 rings (SSSR count). The Morgan fingerprint density at radius 1 is 1.17 bits per heavy atom. The second-order valence-corrected chi connectivity index (χ2v) is 5.17. The van der Waals surface area contributed by atoms with Crippen molar-refractivity contribution < 1.29 is 4.79 Å². The van der Waals surface area contributed by atoms with Crippen LogP contribution in [0.1, 0.15) is 11.1 Å². The minimum absolute atomic E-state index is 0. The topological polar surface area (TPSA) is 79.8 Å². The van der Waals surface area contributed by atoms with E-state index < -0.39 is 0 Å². The fourth-order valence-corrected chi connectivity index (χ4v) is 2.61. The van der Waals surface area contributed by atoms with Crippen molar-refractivity contribution in [2.75, 3.05) is 10.6 Å². The van der Waals surface area contributed by atoms with Crippen LogP contribution in [0.3, 0.4) is 0 Å². The van der Waals surface area contributed by atoms with Gasteiger partial charge in [-0.3, -0.25) is 4.79 Å². The smallest absolute Gasteiger partial charge is 0.228 e. The molecule has 0 bridgehead atoms. The van der Waals surface area contributed by atoms with E-state index in [-0.39, 0.29) is 18.3 Å². The molecule has 2 N–H and O–H groups in total. The third-order valence-corrected chi connectivity index (χ3v) is 3.66. The lowest BCUT2D eigenvalue weighted by Crippen LogP contribution is -2.03. The highest BCUT2D eigenvalue weighted by atomic mass is 35.5. The third-order valence-electron chi connectivity index (χ3n) is 3.66. The number of fused-ring (bicyclic) bond motifs is 2. The van der Waals surface area contributed by atoms with Gasteiger partial charge in [-0.2, -0.15) is 0 Å². The molecule has 1 amide bonds. The number of amides is 1. The maximum absolute atomic E-state index is 11.4. The average molecular weight is 328 g/mol. The van der Waals surface area contributed by atoms with Crippen molar-refractivity contribution >= 4 is 40.9 Å². The molecular formula is C16H14ClN5O. The number of rotatable bonds is 3. The quantitative estimate of drug-likeness (QED) is 0.773. The molecule has 2 aromatic heterocycles. The van der Waals surface area contributed by atoms with Gasteiger partial charge in [0, 0.05) is 18.4 Å². The molecule has 3 heterocycles. The summed E-state index contributed by atoms with van der Waals surface area (Å²) in [6.07, 6.45) is 3.66. The van der Waals surface area contributed by atoms with E-state index in [9.17, 15) is 4.79 Å². The van der Waals surface area contributed by atoms with Crippen LogP contribution in [0.5, 0.6) is 0 Å². The van der Waals surface area contributed by atoms with Gasteiger partial charge >= 0.3 is 0 Å². The number of nitrogens with zero attached hydrogens (tertiary/aromatic N) is 3. The molecule has 1 aromatic carbocycles. The van der Waals surface area contributed by atoms with Gasteiger partial charge in [0.15, 0.2) is 5.65 Å². The van der Waals surface area contributed by atoms with E-state index in [1.165, 1.54) is 6.33 Å². The lowest BCUT2D eigenvalue weighted by Gasteiger charge is -2.09. The summed E-state index contributed by atoms with van der Waals surface area (Å²) in [7, 11) is 0. The normalized spacial score (nSPS) is 12.4. The zero-order chi connectivity index (χ0) is 14.9. The Labute approximate surface area is 138 Å². The highest BCUT2D eigenvalue weighted by Gasteiger charge is 2.17. The number of hydrogen-bond acceptors (Lipinski definition) is 5. The summed E-state index contributed by atoms with van der Waals surface area (Å²) in [4.78, 5) is 24.0. The molecule has 6 nitrogen and oxygen atoms in total. The number of carbonyl (C=O) groups is 1. The lowest BCUT2D eigenvalue weighted by molar-refractivity contribution is -0.115. The number of benzene rings is 1. The predicted octanol–water partition coefficient (Wildman–Crippen LogP) is 2.55. The molecule has 7 heteroatoms. The summed E-state index contributed by atoms with van der Waals surface area (Å²) < 4.78 is 0. The zero-order valence-electron chi connectivity index (χ0n) is 12.1. The van der Waals surface area contributed by atoms with Gasteiger partial charge in [-0.25, -0.2) is 15.0 Å². The van der Waals surface area contributed by atoms with Crippen molar-refractivity contribution in [2.45, 2.75) is 13.0 Å². The van der Waals surface area contributed by atoms with Crippen LogP contribution < -0.4 is 10.6 Å². The van der Waals surface area contributed by atoms with Gasteiger partial charge in [-0.15, -0.1) is 12.4 Å². The summed E-state index contributed by atoms with van der Waals surface area (Å²) in [5.74, 6) is 0.806. The Hall–Kier alpha value is -2.73. The monoisotopic (exact) mass is 327 g/mol. The van der Waals surface area contributed by atoms with Crippen LogP contribution in [-0.2, 0) is 17.8 Å². The maximum atomic E-state index is 11.4. The van der Waals surface area contributed by atoms with Crippen LogP contribution in [0.15, 0.2) is 42.9 Å². The fourth-order valence-electron chi connectivity index (χ4n) is 2.61. The molecule has 0 aliphatic carbocycles. The third kappa shape index (κ3) is 2.93. The first-order valence-corrected chi connectivity index (χ1v) is 7.01. The fraction of sp³-hybridized carbons (Fsp3) is 0.125. The Bertz CT molecular complexity index is 878. The second kappa shape index (κ2) is 6.18. The number of hydrogen-bond donors (Lipinski definition) is 2. The minimum atomic E-state index is 0. The molecule has 1 aliphatic heterocycles. The Morgan fingerprint density at radius 2 is 2.09 bits per heavy atom. The maximum Gasteiger partial charge on any atom is 0.228 e. The number of nitrogens with one attached hydrogen (secondary N) is 2. The summed E-state index contributed by atoms with van der Waals surface area (Å²) in [6, 6.07) is 9.79. The van der Waals surface area contributed by atoms with Crippen LogP contribution in [0.4, 0.5) is 11.5 Å². The van der Waals surface area contributed by atoms with Gasteiger partial charge < -0.3 is 10.6 Å². The lowest BCUT2D eigenvalue weighted by atomic mass is 10.1. The first kappa shape index (κ1) is 15.2. The van der Waals surface area contributed by atoms with Gasteiger partial charge in [-0.1, -0.05) is 12.1 Å². The molecule has 23 heavy (non-hydrogen) atoms. The SMILES string of the molecule is Cl.O=C1Cc2cc(CNc3ncnc4ncccc34)ccc2N1. The van der Waals surface area contributed by atoms with Crippen LogP contribution in [0.2, 0.25) is 0 Å². The number of aromatic nitrogens is 3. The summed E-state index contributed by atoms with van der Waals surface area (Å²) in [5, 5.41) is 7.04. The molecule has 0 spiro atoms. The molecule has 0 unspecified atom stereocenters. The Balaban J connectivity index is 0.00000156. The van der Waals surface area contributed by atoms with E-state index in [0.29, 0.717) is 18.6 Å². The van der Waals surface area contributed by atoms with E-state index in [0.717, 1.165) is 28.0 Å². The van der Waals surface area contributed by atoms with Crippen molar-refractivity contribution in [3.8, 4) is 0 Å². The van der Waals surface area contributed by atoms with Crippen LogP contribution in [0.25, 0.3) is 11.0 Å². The summed E-state index contributed by atoms with van der Waals surface area (Å²) in [6.45, 7) is 0.627. The van der Waals surface area contributed by atoms with Crippen molar-refractivity contribution in [3.05, 3.63) is 54.0 Å². The van der Waals surface area contributed by atoms with Gasteiger partial charge in [0.25, 0.3) is 0 Å². The average Bonchev–Trinajstić information content (AvgIpc) is 2.92. The molecule has 1 aliphatic rings. The number of carbonyl (C=O) groups excluding carboxylic acids is 1. The predicted molar refractivity (Wildman–Crippen MR) is 90.7 cm³/mol. The number of halogens is 1. The van der Waals surface area contributed by atoms with Gasteiger partial charge in [-0.05, 0) is 29.3 Å². The highest BCUT2D eigenvalue weighted by molar-refractivity contribution is 5.99. The first-order valence-electron chi connectivity index (χ1n) is 7.01. The highest BCUT2D eigenvalue weighted by Crippen LogP contribution is 2.24. The molecule has 0 atom stereocenters. The molecular weight excluding hydrogens is 314 g/mol. The molecule has 116 valence electrons. The van der Waals surface area contributed by atoms with E-state index in [1.54, 1.807) is 6.20 Å². The Kier molecular flexibility index (Phi) is 4.08. The Morgan fingerprint density at radius 3 is 3.00 bits per heavy atom. The molecule has 0 saturated heterocycles. The van der Waals surface area contributed by atoms with Gasteiger partial charge in [0.2, 0.25) is 5.91 Å². The van der Waals surface area contributed by atoms with Crippen LogP contribution >= 0.6 is 12.4 Å². The van der Waals surface area contributed by atoms with E-state index in [4.69, 9.17) is 0 Å². The molecule has 0 saturated carbocycles. The van der Waals surface area contributed by atoms with Crippen molar-refractivity contribution in [1.82, 2.24) is 15.0 Å². The molecule has 0 radical (unpaired) electrons. The summed E-state index contributed by atoms with van der Waals surface area (Å²) in [5.41, 5.74) is 3.72. The molecule has 3 aromatic rings. The molecule has 0 fully saturated rings. The van der Waals surface area contributed by atoms with E-state index in [1.807, 2.05) is 30.3 Å². The number of anilines is 2. The van der Waals surface area contributed by atoms with Crippen LogP contribution in [0, 0.1) is 0 Å². The summed E-state index contributed by atoms with van der Waals surface area (Å²) >= 11 is 0. The van der Waals surface area contributed by atoms with Gasteiger partial charge in [0.1, 0.15) is 12.1 Å². The van der Waals surface area contributed by atoms with Crippen LogP contribution in [-0.4, -0.2) is 20.9 Å². The van der Waals surface area contributed by atoms with Crippen molar-refractivity contribution in [1.29, 1.82) is 0 Å². The van der Waals surface area contributed by atoms with Gasteiger partial charge in [0.05, 0.1) is 11.8 Å².